The molecule has 9 aromatic carbocycles. The van der Waals surface area contributed by atoms with Gasteiger partial charge in [0, 0.05) is 39.0 Å². The van der Waals surface area contributed by atoms with Gasteiger partial charge >= 0.3 is 0 Å². The van der Waals surface area contributed by atoms with E-state index in [0.29, 0.717) is 11.8 Å². The number of rotatable bonds is 8. The highest BCUT2D eigenvalue weighted by molar-refractivity contribution is 5.99. The molecule has 9 aromatic rings. The summed E-state index contributed by atoms with van der Waals surface area (Å²) in [4.78, 5) is 5.27. The first-order valence-corrected chi connectivity index (χ1v) is 24.4. The predicted octanol–water partition coefficient (Wildman–Crippen LogP) is 17.1. The fourth-order valence-electron chi connectivity index (χ4n) is 13.5. The maximum Gasteiger partial charge on any atom is 0.0618 e. The summed E-state index contributed by atoms with van der Waals surface area (Å²) >= 11 is 0. The van der Waals surface area contributed by atoms with Crippen molar-refractivity contribution in [1.29, 1.82) is 0 Å². The highest BCUT2D eigenvalue weighted by atomic mass is 15.2. The van der Waals surface area contributed by atoms with Crippen LogP contribution in [0.1, 0.15) is 66.5 Å². The van der Waals surface area contributed by atoms with Gasteiger partial charge in [0.1, 0.15) is 0 Å². The number of hydrogen-bond donors (Lipinski definition) is 0. The van der Waals surface area contributed by atoms with Gasteiger partial charge in [-0.25, -0.2) is 0 Å². The van der Waals surface area contributed by atoms with Crippen LogP contribution < -0.4 is 9.80 Å². The molecule has 0 N–H and O–H groups in total. The minimum atomic E-state index is -0.197. The molecule has 1 saturated carbocycles. The average Bonchev–Trinajstić information content (AvgIpc) is 4.00. The van der Waals surface area contributed by atoms with Crippen molar-refractivity contribution in [3.63, 3.8) is 0 Å². The smallest absolute Gasteiger partial charge is 0.0618 e. The van der Waals surface area contributed by atoms with Gasteiger partial charge in [0.05, 0.1) is 17.1 Å². The molecule has 2 heteroatoms. The molecule has 4 aliphatic carbocycles. The average molecular weight is 863 g/mol. The van der Waals surface area contributed by atoms with Crippen LogP contribution in [0, 0.1) is 11.8 Å². The van der Waals surface area contributed by atoms with Crippen LogP contribution in [-0.2, 0) is 23.7 Å². The normalized spacial score (nSPS) is 19.1. The van der Waals surface area contributed by atoms with Gasteiger partial charge in [0.25, 0.3) is 0 Å². The van der Waals surface area contributed by atoms with Crippen LogP contribution in [0.15, 0.2) is 218 Å². The molecule has 1 fully saturated rings. The van der Waals surface area contributed by atoms with Gasteiger partial charge in [0.15, 0.2) is 0 Å². The number of anilines is 6. The van der Waals surface area contributed by atoms with Crippen LogP contribution >= 0.6 is 0 Å². The SMILES string of the molecule is CC1(C)c2ccccc2-c2ccc(N(c3ccccc3)c3cccc4c3C35c6c(cccc6N(c6ccccc6)c6c(-c7ccccc7)cccc6-c6ccccc6)CC3CCCC5C4)cc21. The zero-order valence-corrected chi connectivity index (χ0v) is 38.4. The molecule has 0 aliphatic heterocycles. The number of benzene rings is 9. The molecule has 0 amide bonds. The Morgan fingerprint density at radius 1 is 0.388 bits per heavy atom. The third kappa shape index (κ3) is 6.01. The minimum Gasteiger partial charge on any atom is -0.310 e. The van der Waals surface area contributed by atoms with E-state index in [9.17, 15) is 0 Å². The molecule has 324 valence electrons. The molecule has 3 unspecified atom stereocenters. The van der Waals surface area contributed by atoms with Crippen LogP contribution in [0.4, 0.5) is 34.1 Å². The summed E-state index contributed by atoms with van der Waals surface area (Å²) < 4.78 is 0. The molecule has 0 saturated heterocycles. The Hall–Kier alpha value is -7.42. The zero-order chi connectivity index (χ0) is 44.7. The summed E-state index contributed by atoms with van der Waals surface area (Å²) in [5, 5.41) is 0. The highest BCUT2D eigenvalue weighted by Gasteiger charge is 2.60. The highest BCUT2D eigenvalue weighted by Crippen LogP contribution is 2.68. The van der Waals surface area contributed by atoms with Crippen LogP contribution in [-0.4, -0.2) is 0 Å². The third-order valence-corrected chi connectivity index (χ3v) is 16.2. The standard InChI is InChI=1S/C65H54N2/c1-64(2)57-36-16-15-33-55(57)56-40-39-52(43-58(56)64)66(50-29-11-5-12-30-50)59-37-17-25-46-41-48-27-19-28-49-42-47-26-18-38-60(62(47)65(48,49)61(46)59)67(51-31-13-6-14-32-51)63-53(44-21-7-3-8-22-44)34-20-35-54(63)45-23-9-4-10-24-45/h3-18,20-26,29-40,43,48-49H,19,27-28,41-42H2,1-2H3. The quantitative estimate of drug-likeness (QED) is 0.150. The Labute approximate surface area is 395 Å². The maximum atomic E-state index is 2.65. The molecule has 0 aromatic heterocycles. The molecule has 67 heavy (non-hydrogen) atoms. The Balaban J connectivity index is 1.08. The lowest BCUT2D eigenvalue weighted by Gasteiger charge is -2.47. The number of nitrogens with zero attached hydrogens (tertiary/aromatic N) is 2. The van der Waals surface area contributed by atoms with E-state index in [1.165, 1.54) is 120 Å². The Bertz CT molecular complexity index is 3250. The van der Waals surface area contributed by atoms with Gasteiger partial charge in [-0.1, -0.05) is 190 Å². The fraction of sp³-hybridized carbons (Fsp3) is 0.169. The van der Waals surface area contributed by atoms with Crippen molar-refractivity contribution in [1.82, 2.24) is 0 Å². The molecule has 2 nitrogen and oxygen atoms in total. The van der Waals surface area contributed by atoms with Crippen molar-refractivity contribution < 1.29 is 0 Å². The lowest BCUT2D eigenvalue weighted by atomic mass is 9.58. The molecule has 3 atom stereocenters. The molecule has 0 bridgehead atoms. The summed E-state index contributed by atoms with van der Waals surface area (Å²) in [5.41, 5.74) is 23.5. The molecule has 13 rings (SSSR count). The van der Waals surface area contributed by atoms with E-state index in [2.05, 4.69) is 242 Å². The van der Waals surface area contributed by atoms with Crippen molar-refractivity contribution in [2.75, 3.05) is 9.80 Å². The zero-order valence-electron chi connectivity index (χ0n) is 38.4. The number of fused-ring (bicyclic) bond motifs is 5. The second-order valence-corrected chi connectivity index (χ2v) is 19.9. The minimum absolute atomic E-state index is 0.115. The van der Waals surface area contributed by atoms with Gasteiger partial charge in [-0.2, -0.15) is 0 Å². The molecule has 1 spiro atoms. The van der Waals surface area contributed by atoms with E-state index in [1.54, 1.807) is 0 Å². The molecule has 0 radical (unpaired) electrons. The number of hydrogen-bond acceptors (Lipinski definition) is 2. The van der Waals surface area contributed by atoms with Gasteiger partial charge in [-0.3, -0.25) is 0 Å². The monoisotopic (exact) mass is 862 g/mol. The lowest BCUT2D eigenvalue weighted by Crippen LogP contribution is -2.42. The fourth-order valence-corrected chi connectivity index (χ4v) is 13.5. The van der Waals surface area contributed by atoms with Gasteiger partial charge in [0.2, 0.25) is 0 Å². The second kappa shape index (κ2) is 15.6. The predicted molar refractivity (Wildman–Crippen MR) is 280 cm³/mol. The van der Waals surface area contributed by atoms with E-state index in [-0.39, 0.29) is 10.8 Å². The second-order valence-electron chi connectivity index (χ2n) is 19.9. The van der Waals surface area contributed by atoms with E-state index in [4.69, 9.17) is 0 Å². The van der Waals surface area contributed by atoms with Gasteiger partial charge in [-0.05, 0) is 142 Å². The van der Waals surface area contributed by atoms with E-state index in [0.717, 1.165) is 12.8 Å². The summed E-state index contributed by atoms with van der Waals surface area (Å²) in [6.07, 6.45) is 5.87. The van der Waals surface area contributed by atoms with Crippen LogP contribution in [0.3, 0.4) is 0 Å². The lowest BCUT2D eigenvalue weighted by molar-refractivity contribution is 0.177. The summed E-state index contributed by atoms with van der Waals surface area (Å²) in [6, 6.07) is 82.2. The van der Waals surface area contributed by atoms with Crippen molar-refractivity contribution in [2.24, 2.45) is 11.8 Å². The summed E-state index contributed by atoms with van der Waals surface area (Å²) in [6.45, 7) is 4.80. The van der Waals surface area contributed by atoms with Crippen LogP contribution in [0.5, 0.6) is 0 Å². The molecular formula is C65H54N2. The maximum absolute atomic E-state index is 2.65. The van der Waals surface area contributed by atoms with Crippen molar-refractivity contribution in [2.45, 2.75) is 56.8 Å². The van der Waals surface area contributed by atoms with E-state index in [1.807, 2.05) is 0 Å². The Morgan fingerprint density at radius 2 is 0.851 bits per heavy atom. The Kier molecular flexibility index (Phi) is 9.29. The van der Waals surface area contributed by atoms with Crippen molar-refractivity contribution >= 4 is 34.1 Å². The van der Waals surface area contributed by atoms with Crippen LogP contribution in [0.2, 0.25) is 0 Å². The molecular weight excluding hydrogens is 809 g/mol. The largest absolute Gasteiger partial charge is 0.310 e. The van der Waals surface area contributed by atoms with Crippen LogP contribution in [0.25, 0.3) is 33.4 Å². The summed E-state index contributed by atoms with van der Waals surface area (Å²) in [5.74, 6) is 0.956. The van der Waals surface area contributed by atoms with E-state index >= 15 is 0 Å². The van der Waals surface area contributed by atoms with E-state index < -0.39 is 0 Å². The molecule has 4 aliphatic rings. The topological polar surface area (TPSA) is 6.48 Å². The number of para-hydroxylation sites is 3. The first kappa shape index (κ1) is 39.9. The van der Waals surface area contributed by atoms with Crippen molar-refractivity contribution in [3.8, 4) is 33.4 Å². The first-order valence-electron chi connectivity index (χ1n) is 24.4. The third-order valence-electron chi connectivity index (χ3n) is 16.2. The Morgan fingerprint density at radius 3 is 1.43 bits per heavy atom. The van der Waals surface area contributed by atoms with Gasteiger partial charge in [-0.15, -0.1) is 0 Å². The first-order chi connectivity index (χ1) is 33.0. The van der Waals surface area contributed by atoms with Crippen molar-refractivity contribution in [3.05, 3.63) is 252 Å². The van der Waals surface area contributed by atoms with Gasteiger partial charge < -0.3 is 9.80 Å². The summed E-state index contributed by atoms with van der Waals surface area (Å²) in [7, 11) is 0. The molecule has 0 heterocycles.